The maximum Gasteiger partial charge on any atom is 0.0593 e. The maximum atomic E-state index is 8.92. The van der Waals surface area contributed by atoms with Crippen molar-refractivity contribution in [2.75, 3.05) is 59.1 Å². The van der Waals surface area contributed by atoms with E-state index in [1.165, 1.54) is 6.42 Å². The van der Waals surface area contributed by atoms with Crippen LogP contribution in [0.5, 0.6) is 0 Å². The Labute approximate surface area is 131 Å². The van der Waals surface area contributed by atoms with Crippen molar-refractivity contribution in [3.63, 3.8) is 0 Å². The summed E-state index contributed by atoms with van der Waals surface area (Å²) in [6.45, 7) is 17.5. The average molecular weight is 300 g/mol. The predicted octanol–water partition coefficient (Wildman–Crippen LogP) is 2.08. The topological polar surface area (TPSA) is 35.9 Å². The van der Waals surface area contributed by atoms with E-state index in [1.54, 1.807) is 0 Å². The highest BCUT2D eigenvalue weighted by Gasteiger charge is 2.21. The monoisotopic (exact) mass is 300 g/mol. The van der Waals surface area contributed by atoms with Gasteiger partial charge in [-0.15, -0.1) is 0 Å². The lowest BCUT2D eigenvalue weighted by Crippen LogP contribution is -2.47. The highest BCUT2D eigenvalue weighted by atomic mass is 16.5. The van der Waals surface area contributed by atoms with E-state index >= 15 is 0 Å². The summed E-state index contributed by atoms with van der Waals surface area (Å²) in [6, 6.07) is 0. The number of piperazine rings is 1. The van der Waals surface area contributed by atoms with E-state index in [-0.39, 0.29) is 6.61 Å². The molecule has 21 heavy (non-hydrogen) atoms. The zero-order valence-electron chi connectivity index (χ0n) is 14.6. The van der Waals surface area contributed by atoms with Crippen molar-refractivity contribution in [2.24, 2.45) is 11.3 Å². The van der Waals surface area contributed by atoms with Crippen LogP contribution in [0.3, 0.4) is 0 Å². The molecule has 1 heterocycles. The van der Waals surface area contributed by atoms with Gasteiger partial charge in [-0.25, -0.2) is 0 Å². The smallest absolute Gasteiger partial charge is 0.0593 e. The number of hydrogen-bond acceptors (Lipinski definition) is 4. The van der Waals surface area contributed by atoms with Crippen LogP contribution in [0.25, 0.3) is 0 Å². The maximum absolute atomic E-state index is 8.92. The molecule has 0 atom stereocenters. The first-order valence-corrected chi connectivity index (χ1v) is 8.59. The summed E-state index contributed by atoms with van der Waals surface area (Å²) >= 11 is 0. The Morgan fingerprint density at radius 3 is 2.10 bits per heavy atom. The highest BCUT2D eigenvalue weighted by Crippen LogP contribution is 2.31. The van der Waals surface area contributed by atoms with Gasteiger partial charge < -0.3 is 9.84 Å². The molecule has 4 nitrogen and oxygen atoms in total. The fourth-order valence-electron chi connectivity index (χ4n) is 2.59. The van der Waals surface area contributed by atoms with Gasteiger partial charge in [0.05, 0.1) is 13.2 Å². The molecule has 0 unspecified atom stereocenters. The second kappa shape index (κ2) is 9.78. The van der Waals surface area contributed by atoms with Crippen molar-refractivity contribution in [1.29, 1.82) is 0 Å². The lowest BCUT2D eigenvalue weighted by atomic mass is 9.77. The summed E-state index contributed by atoms with van der Waals surface area (Å²) in [5.74, 6) is 0.729. The molecule has 1 saturated heterocycles. The Bertz CT molecular complexity index is 262. The summed E-state index contributed by atoms with van der Waals surface area (Å²) in [7, 11) is 0. The van der Waals surface area contributed by atoms with E-state index in [0.717, 1.165) is 64.8 Å². The fourth-order valence-corrected chi connectivity index (χ4v) is 2.59. The van der Waals surface area contributed by atoms with Crippen LogP contribution in [0.4, 0.5) is 0 Å². The molecule has 0 aromatic carbocycles. The molecule has 0 bridgehead atoms. The third kappa shape index (κ3) is 7.59. The summed E-state index contributed by atoms with van der Waals surface area (Å²) in [6.07, 6.45) is 2.40. The van der Waals surface area contributed by atoms with Crippen LogP contribution in [-0.2, 0) is 4.74 Å². The average Bonchev–Trinajstić information content (AvgIpc) is 2.44. The van der Waals surface area contributed by atoms with E-state index in [0.29, 0.717) is 5.41 Å². The van der Waals surface area contributed by atoms with Gasteiger partial charge in [0.2, 0.25) is 0 Å². The van der Waals surface area contributed by atoms with E-state index < -0.39 is 0 Å². The zero-order chi connectivity index (χ0) is 15.7. The minimum Gasteiger partial charge on any atom is -0.395 e. The van der Waals surface area contributed by atoms with Crippen molar-refractivity contribution in [3.8, 4) is 0 Å². The first-order valence-electron chi connectivity index (χ1n) is 8.59. The third-order valence-electron chi connectivity index (χ3n) is 5.11. The minimum atomic E-state index is 0.274. The molecule has 1 fully saturated rings. The molecule has 1 aliphatic rings. The number of ether oxygens (including phenoxy) is 1. The molecule has 1 rings (SSSR count). The van der Waals surface area contributed by atoms with Crippen molar-refractivity contribution >= 4 is 0 Å². The van der Waals surface area contributed by atoms with Crippen molar-refractivity contribution in [2.45, 2.75) is 40.5 Å². The van der Waals surface area contributed by atoms with Gasteiger partial charge >= 0.3 is 0 Å². The molecule has 0 amide bonds. The van der Waals surface area contributed by atoms with Gasteiger partial charge in [0.15, 0.2) is 0 Å². The van der Waals surface area contributed by atoms with Crippen LogP contribution >= 0.6 is 0 Å². The Morgan fingerprint density at radius 1 is 1.00 bits per heavy atom. The predicted molar refractivity (Wildman–Crippen MR) is 88.6 cm³/mol. The highest BCUT2D eigenvalue weighted by molar-refractivity contribution is 4.72. The summed E-state index contributed by atoms with van der Waals surface area (Å²) in [5, 5.41) is 8.92. The van der Waals surface area contributed by atoms with Crippen molar-refractivity contribution < 1.29 is 9.84 Å². The molecule has 0 aromatic rings. The van der Waals surface area contributed by atoms with Gasteiger partial charge in [-0.3, -0.25) is 9.80 Å². The SMILES string of the molecule is CC(C)C(C)(C)CCCOCCN1CCN(CCO)CC1. The molecular weight excluding hydrogens is 264 g/mol. The van der Waals surface area contributed by atoms with Crippen molar-refractivity contribution in [1.82, 2.24) is 9.80 Å². The lowest BCUT2D eigenvalue weighted by Gasteiger charge is -2.34. The van der Waals surface area contributed by atoms with Crippen LogP contribution in [0.1, 0.15) is 40.5 Å². The van der Waals surface area contributed by atoms with Crippen LogP contribution in [0, 0.1) is 11.3 Å². The molecule has 0 spiro atoms. The molecule has 0 saturated carbocycles. The van der Waals surface area contributed by atoms with Crippen LogP contribution in [0.15, 0.2) is 0 Å². The zero-order valence-corrected chi connectivity index (χ0v) is 14.6. The largest absolute Gasteiger partial charge is 0.395 e. The second-order valence-corrected chi connectivity index (χ2v) is 7.27. The Kier molecular flexibility index (Phi) is 8.79. The second-order valence-electron chi connectivity index (χ2n) is 7.27. The Balaban J connectivity index is 1.98. The summed E-state index contributed by atoms with van der Waals surface area (Å²) < 4.78 is 5.79. The van der Waals surface area contributed by atoms with E-state index in [1.807, 2.05) is 0 Å². The van der Waals surface area contributed by atoms with Gasteiger partial charge in [0.1, 0.15) is 0 Å². The molecule has 0 aliphatic carbocycles. The Morgan fingerprint density at radius 2 is 1.57 bits per heavy atom. The third-order valence-corrected chi connectivity index (χ3v) is 5.11. The molecule has 0 radical (unpaired) electrons. The molecular formula is C17H36N2O2. The summed E-state index contributed by atoms with van der Waals surface area (Å²) in [5.41, 5.74) is 0.423. The number of hydrogen-bond donors (Lipinski definition) is 1. The van der Waals surface area contributed by atoms with Crippen LogP contribution < -0.4 is 0 Å². The summed E-state index contributed by atoms with van der Waals surface area (Å²) in [4.78, 5) is 4.79. The quantitative estimate of drug-likeness (QED) is 0.627. The van der Waals surface area contributed by atoms with Crippen molar-refractivity contribution in [3.05, 3.63) is 0 Å². The first kappa shape index (κ1) is 18.9. The lowest BCUT2D eigenvalue weighted by molar-refractivity contribution is 0.0642. The molecule has 4 heteroatoms. The molecule has 126 valence electrons. The first-order chi connectivity index (χ1) is 9.95. The number of aliphatic hydroxyl groups excluding tert-OH is 1. The number of aliphatic hydroxyl groups is 1. The van der Waals surface area contributed by atoms with Gasteiger partial charge in [0, 0.05) is 45.9 Å². The molecule has 1 N–H and O–H groups in total. The molecule has 1 aliphatic heterocycles. The van der Waals surface area contributed by atoms with Crippen LogP contribution in [-0.4, -0.2) is 74.0 Å². The molecule has 0 aromatic heterocycles. The van der Waals surface area contributed by atoms with Crippen LogP contribution in [0.2, 0.25) is 0 Å². The van der Waals surface area contributed by atoms with Gasteiger partial charge in [-0.1, -0.05) is 27.7 Å². The minimum absolute atomic E-state index is 0.274. The van der Waals surface area contributed by atoms with Gasteiger partial charge in [-0.05, 0) is 24.2 Å². The normalized spacial score (nSPS) is 18.6. The number of rotatable bonds is 10. The number of β-amino-alcohol motifs (C(OH)–C–C–N with tert-alkyl or cyclic N) is 1. The number of nitrogens with zero attached hydrogens (tertiary/aromatic N) is 2. The van der Waals surface area contributed by atoms with E-state index in [9.17, 15) is 0 Å². The fraction of sp³-hybridized carbons (Fsp3) is 1.00. The Hall–Kier alpha value is -0.160. The van der Waals surface area contributed by atoms with E-state index in [2.05, 4.69) is 37.5 Å². The van der Waals surface area contributed by atoms with Gasteiger partial charge in [-0.2, -0.15) is 0 Å². The van der Waals surface area contributed by atoms with E-state index in [4.69, 9.17) is 9.84 Å². The standard InChI is InChI=1S/C17H36N2O2/c1-16(2)17(3,4)6-5-14-21-15-12-19-9-7-18(8-10-19)11-13-20/h16,20H,5-15H2,1-4H3. The van der Waals surface area contributed by atoms with Gasteiger partial charge in [0.25, 0.3) is 0 Å².